The summed E-state index contributed by atoms with van der Waals surface area (Å²) in [5.41, 5.74) is 0.508. The molecule has 1 N–H and O–H groups in total. The molecule has 1 aliphatic heterocycles. The first-order valence-electron chi connectivity index (χ1n) is 8.25. The van der Waals surface area contributed by atoms with Crippen molar-refractivity contribution in [2.75, 3.05) is 19.6 Å². The van der Waals surface area contributed by atoms with Gasteiger partial charge >= 0.3 is 0 Å². The molecule has 0 unspecified atom stereocenters. The standard InChI is InChI=1S/C17H22FN5O/c18-16-6-2-1-5-15(16)8-20-17(24)11-22-7-3-4-14(9-22)10-23-13-19-12-21-23/h1-2,5-6,12-14H,3-4,7-11H2,(H,20,24)/t14-/m0/s1. The van der Waals surface area contributed by atoms with Gasteiger partial charge in [-0.1, -0.05) is 18.2 Å². The lowest BCUT2D eigenvalue weighted by Crippen LogP contribution is -2.43. The number of hydrogen-bond donors (Lipinski definition) is 1. The van der Waals surface area contributed by atoms with Gasteiger partial charge in [0.25, 0.3) is 0 Å². The summed E-state index contributed by atoms with van der Waals surface area (Å²) in [6, 6.07) is 6.50. The van der Waals surface area contributed by atoms with Crippen LogP contribution in [0, 0.1) is 11.7 Å². The van der Waals surface area contributed by atoms with E-state index in [1.54, 1.807) is 24.5 Å². The van der Waals surface area contributed by atoms with Crippen molar-refractivity contribution in [3.05, 3.63) is 48.3 Å². The van der Waals surface area contributed by atoms with Gasteiger partial charge in [-0.05, 0) is 31.4 Å². The topological polar surface area (TPSA) is 63.1 Å². The second-order valence-corrected chi connectivity index (χ2v) is 6.23. The van der Waals surface area contributed by atoms with Gasteiger partial charge in [0.15, 0.2) is 0 Å². The number of nitrogens with one attached hydrogen (secondary N) is 1. The predicted octanol–water partition coefficient (Wildman–Crippen LogP) is 1.45. The van der Waals surface area contributed by atoms with Crippen LogP contribution in [0.2, 0.25) is 0 Å². The average molecular weight is 331 g/mol. The number of benzene rings is 1. The normalized spacial score (nSPS) is 18.5. The summed E-state index contributed by atoms with van der Waals surface area (Å²) in [5, 5.41) is 6.94. The number of hydrogen-bond acceptors (Lipinski definition) is 4. The lowest BCUT2D eigenvalue weighted by atomic mass is 9.98. The molecule has 1 aromatic heterocycles. The maximum Gasteiger partial charge on any atom is 0.234 e. The van der Waals surface area contributed by atoms with E-state index in [-0.39, 0.29) is 18.3 Å². The van der Waals surface area contributed by atoms with Crippen molar-refractivity contribution in [1.82, 2.24) is 25.0 Å². The molecule has 0 spiro atoms. The molecule has 128 valence electrons. The summed E-state index contributed by atoms with van der Waals surface area (Å²) >= 11 is 0. The van der Waals surface area contributed by atoms with Crippen molar-refractivity contribution < 1.29 is 9.18 Å². The molecule has 0 radical (unpaired) electrons. The number of amides is 1. The van der Waals surface area contributed by atoms with Crippen LogP contribution in [0.1, 0.15) is 18.4 Å². The van der Waals surface area contributed by atoms with Gasteiger partial charge in [0, 0.05) is 25.2 Å². The molecular formula is C17H22FN5O. The van der Waals surface area contributed by atoms with Crippen molar-refractivity contribution in [3.63, 3.8) is 0 Å². The van der Waals surface area contributed by atoms with Crippen molar-refractivity contribution >= 4 is 5.91 Å². The molecular weight excluding hydrogens is 309 g/mol. The fourth-order valence-corrected chi connectivity index (χ4v) is 3.13. The van der Waals surface area contributed by atoms with Gasteiger partial charge in [0.1, 0.15) is 18.5 Å². The van der Waals surface area contributed by atoms with Gasteiger partial charge in [-0.3, -0.25) is 14.4 Å². The van der Waals surface area contributed by atoms with E-state index in [1.165, 1.54) is 12.4 Å². The summed E-state index contributed by atoms with van der Waals surface area (Å²) in [4.78, 5) is 18.2. The fraction of sp³-hybridized carbons (Fsp3) is 0.471. The minimum absolute atomic E-state index is 0.0698. The lowest BCUT2D eigenvalue weighted by Gasteiger charge is -2.32. The van der Waals surface area contributed by atoms with E-state index in [9.17, 15) is 9.18 Å². The van der Waals surface area contributed by atoms with Crippen molar-refractivity contribution in [2.45, 2.75) is 25.9 Å². The van der Waals surface area contributed by atoms with Crippen LogP contribution in [0.25, 0.3) is 0 Å². The Labute approximate surface area is 140 Å². The number of piperidine rings is 1. The van der Waals surface area contributed by atoms with Crippen LogP contribution in [0.3, 0.4) is 0 Å². The second-order valence-electron chi connectivity index (χ2n) is 6.23. The highest BCUT2D eigenvalue weighted by atomic mass is 19.1. The molecule has 0 aliphatic carbocycles. The maximum atomic E-state index is 13.6. The molecule has 1 aromatic carbocycles. The fourth-order valence-electron chi connectivity index (χ4n) is 3.13. The van der Waals surface area contributed by atoms with Gasteiger partial charge < -0.3 is 5.32 Å². The van der Waals surface area contributed by atoms with Crippen LogP contribution in [0.4, 0.5) is 4.39 Å². The van der Waals surface area contributed by atoms with E-state index in [0.29, 0.717) is 18.0 Å². The van der Waals surface area contributed by atoms with Crippen LogP contribution in [0.15, 0.2) is 36.9 Å². The molecule has 2 aromatic rings. The van der Waals surface area contributed by atoms with Crippen LogP contribution in [0.5, 0.6) is 0 Å². The van der Waals surface area contributed by atoms with Crippen molar-refractivity contribution in [1.29, 1.82) is 0 Å². The summed E-state index contributed by atoms with van der Waals surface area (Å²) in [6.07, 6.45) is 5.46. The Morgan fingerprint density at radius 1 is 1.38 bits per heavy atom. The number of carbonyl (C=O) groups is 1. The molecule has 0 saturated carbocycles. The number of rotatable bonds is 6. The number of aromatic nitrogens is 3. The molecule has 6 nitrogen and oxygen atoms in total. The SMILES string of the molecule is O=C(CN1CCC[C@H](Cn2cncn2)C1)NCc1ccccc1F. The highest BCUT2D eigenvalue weighted by Gasteiger charge is 2.22. The Hall–Kier alpha value is -2.28. The molecule has 1 saturated heterocycles. The Balaban J connectivity index is 1.44. The Kier molecular flexibility index (Phi) is 5.53. The Morgan fingerprint density at radius 3 is 3.04 bits per heavy atom. The average Bonchev–Trinajstić information content (AvgIpc) is 3.07. The zero-order valence-electron chi connectivity index (χ0n) is 13.6. The number of halogens is 1. The Bertz CT molecular complexity index is 661. The third kappa shape index (κ3) is 4.61. The zero-order valence-corrected chi connectivity index (χ0v) is 13.6. The van der Waals surface area contributed by atoms with Gasteiger partial charge in [-0.2, -0.15) is 5.10 Å². The number of nitrogens with zero attached hydrogens (tertiary/aromatic N) is 4. The van der Waals surface area contributed by atoms with Crippen LogP contribution < -0.4 is 5.32 Å². The zero-order chi connectivity index (χ0) is 16.8. The van der Waals surface area contributed by atoms with E-state index >= 15 is 0 Å². The maximum absolute atomic E-state index is 13.6. The van der Waals surface area contributed by atoms with Crippen LogP contribution in [-0.2, 0) is 17.9 Å². The molecule has 0 bridgehead atoms. The van der Waals surface area contributed by atoms with Crippen molar-refractivity contribution in [3.8, 4) is 0 Å². The molecule has 1 fully saturated rings. The van der Waals surface area contributed by atoms with Crippen LogP contribution in [-0.4, -0.2) is 45.2 Å². The molecule has 1 amide bonds. The first-order chi connectivity index (χ1) is 11.7. The third-order valence-electron chi connectivity index (χ3n) is 4.32. The van der Waals surface area contributed by atoms with E-state index in [4.69, 9.17) is 0 Å². The Morgan fingerprint density at radius 2 is 2.25 bits per heavy atom. The summed E-state index contributed by atoms with van der Waals surface area (Å²) in [7, 11) is 0. The molecule has 24 heavy (non-hydrogen) atoms. The lowest BCUT2D eigenvalue weighted by molar-refractivity contribution is -0.122. The molecule has 1 aliphatic rings. The smallest absolute Gasteiger partial charge is 0.234 e. The first kappa shape index (κ1) is 16.6. The van der Waals surface area contributed by atoms with E-state index in [2.05, 4.69) is 20.3 Å². The summed E-state index contributed by atoms with van der Waals surface area (Å²) in [5.74, 6) is 0.114. The quantitative estimate of drug-likeness (QED) is 0.870. The first-order valence-corrected chi connectivity index (χ1v) is 8.25. The minimum atomic E-state index is -0.288. The van der Waals surface area contributed by atoms with Gasteiger partial charge in [-0.15, -0.1) is 0 Å². The van der Waals surface area contributed by atoms with E-state index in [1.807, 2.05) is 4.68 Å². The second kappa shape index (κ2) is 8.01. The highest BCUT2D eigenvalue weighted by Crippen LogP contribution is 2.17. The highest BCUT2D eigenvalue weighted by molar-refractivity contribution is 5.78. The summed E-state index contributed by atoms with van der Waals surface area (Å²) in [6.45, 7) is 3.19. The number of carbonyl (C=O) groups excluding carboxylic acids is 1. The van der Waals surface area contributed by atoms with Gasteiger partial charge in [0.05, 0.1) is 6.54 Å². The minimum Gasteiger partial charge on any atom is -0.351 e. The largest absolute Gasteiger partial charge is 0.351 e. The molecule has 2 heterocycles. The van der Waals surface area contributed by atoms with Crippen molar-refractivity contribution in [2.24, 2.45) is 5.92 Å². The molecule has 3 rings (SSSR count). The van der Waals surface area contributed by atoms with Gasteiger partial charge in [-0.25, -0.2) is 9.37 Å². The summed E-state index contributed by atoms with van der Waals surface area (Å²) < 4.78 is 15.4. The predicted molar refractivity (Wildman–Crippen MR) is 87.4 cm³/mol. The van der Waals surface area contributed by atoms with Crippen LogP contribution >= 0.6 is 0 Å². The third-order valence-corrected chi connectivity index (χ3v) is 4.32. The van der Waals surface area contributed by atoms with Gasteiger partial charge in [0.2, 0.25) is 5.91 Å². The molecule has 7 heteroatoms. The number of likely N-dealkylation sites (tertiary alicyclic amines) is 1. The van der Waals surface area contributed by atoms with E-state index < -0.39 is 0 Å². The molecule has 1 atom stereocenters. The van der Waals surface area contributed by atoms with E-state index in [0.717, 1.165) is 32.5 Å². The monoisotopic (exact) mass is 331 g/mol.